The first-order valence-corrected chi connectivity index (χ1v) is 6.03. The van der Waals surface area contributed by atoms with E-state index in [-0.39, 0.29) is 19.5 Å². The van der Waals surface area contributed by atoms with Gasteiger partial charge in [0.05, 0.1) is 45.7 Å². The molecule has 6 nitrogen and oxygen atoms in total. The van der Waals surface area contributed by atoms with E-state index in [1.807, 2.05) is 0 Å². The Morgan fingerprint density at radius 1 is 1.44 bits per heavy atom. The lowest BCUT2D eigenvalue weighted by molar-refractivity contribution is -0.118. The van der Waals surface area contributed by atoms with E-state index in [2.05, 4.69) is 36.3 Å². The SMILES string of the molecule is CC1OC[C@H]([C@@H](O)[C@H](O)[C@@H](COBr)OBr)O1. The zero-order valence-electron chi connectivity index (χ0n) is 8.58. The maximum absolute atomic E-state index is 9.84. The number of halogens is 2. The normalized spacial score (nSPS) is 31.3. The third-order valence-corrected chi connectivity index (χ3v) is 3.06. The Hall–Kier alpha value is 0.720. The zero-order chi connectivity index (χ0) is 12.1. The van der Waals surface area contributed by atoms with Crippen LogP contribution < -0.4 is 0 Å². The molecule has 0 aromatic heterocycles. The van der Waals surface area contributed by atoms with Crippen molar-refractivity contribution >= 4 is 32.5 Å². The molecule has 0 aromatic rings. The largest absolute Gasteiger partial charge is 0.387 e. The molecular weight excluding hydrogens is 352 g/mol. The molecule has 0 amide bonds. The Morgan fingerprint density at radius 3 is 2.56 bits per heavy atom. The molecule has 0 aromatic carbocycles. The molecule has 1 saturated heterocycles. The average molecular weight is 366 g/mol. The summed E-state index contributed by atoms with van der Waals surface area (Å²) in [4.78, 5) is 0. The summed E-state index contributed by atoms with van der Waals surface area (Å²) in [6, 6.07) is 0. The molecule has 1 heterocycles. The van der Waals surface area contributed by atoms with Gasteiger partial charge in [-0.15, -0.1) is 0 Å². The van der Waals surface area contributed by atoms with Crippen molar-refractivity contribution in [3.8, 4) is 0 Å². The van der Waals surface area contributed by atoms with Crippen molar-refractivity contribution in [2.75, 3.05) is 13.2 Å². The van der Waals surface area contributed by atoms with E-state index < -0.39 is 24.4 Å². The Morgan fingerprint density at radius 2 is 2.12 bits per heavy atom. The second kappa shape index (κ2) is 7.22. The molecule has 1 unspecified atom stereocenters. The molecule has 0 aliphatic carbocycles. The topological polar surface area (TPSA) is 77.4 Å². The van der Waals surface area contributed by atoms with E-state index in [1.165, 1.54) is 0 Å². The predicted molar refractivity (Wildman–Crippen MR) is 61.0 cm³/mol. The zero-order valence-corrected chi connectivity index (χ0v) is 11.8. The van der Waals surface area contributed by atoms with E-state index in [1.54, 1.807) is 6.92 Å². The van der Waals surface area contributed by atoms with Gasteiger partial charge in [0, 0.05) is 0 Å². The number of aliphatic hydroxyl groups is 2. The Labute approximate surface area is 111 Å². The van der Waals surface area contributed by atoms with Crippen molar-refractivity contribution < 1.29 is 27.3 Å². The van der Waals surface area contributed by atoms with E-state index in [4.69, 9.17) is 13.3 Å². The third-order valence-electron chi connectivity index (χ3n) is 2.32. The lowest BCUT2D eigenvalue weighted by Crippen LogP contribution is -2.47. The summed E-state index contributed by atoms with van der Waals surface area (Å²) in [6.07, 6.45) is -3.90. The van der Waals surface area contributed by atoms with Crippen LogP contribution in [0.2, 0.25) is 0 Å². The first-order chi connectivity index (χ1) is 7.60. The van der Waals surface area contributed by atoms with Gasteiger partial charge in [-0.3, -0.25) is 3.83 Å². The van der Waals surface area contributed by atoms with Gasteiger partial charge >= 0.3 is 0 Å². The smallest absolute Gasteiger partial charge is 0.155 e. The minimum absolute atomic E-state index is 0.0760. The van der Waals surface area contributed by atoms with Gasteiger partial charge < -0.3 is 23.5 Å². The van der Waals surface area contributed by atoms with Crippen LogP contribution in [-0.4, -0.2) is 54.1 Å². The summed E-state index contributed by atoms with van der Waals surface area (Å²) in [7, 11) is 0. The number of hydrogen-bond donors (Lipinski definition) is 2. The molecule has 2 N–H and O–H groups in total. The first-order valence-electron chi connectivity index (χ1n) is 4.74. The summed E-state index contributed by atoms with van der Waals surface area (Å²) in [5, 5.41) is 19.7. The quantitative estimate of drug-likeness (QED) is 0.713. The highest BCUT2D eigenvalue weighted by molar-refractivity contribution is 9.06. The molecule has 1 aliphatic rings. The highest BCUT2D eigenvalue weighted by atomic mass is 79.9. The standard InChI is InChI=1S/C8H14Br2O6/c1-4-13-2-5(15-4)7(11)8(12)6(16-10)3-14-9/h4-8,11-12H,2-3H2,1H3/t4?,5-,6-,7-,8-/m1/s1. The Balaban J connectivity index is 2.47. The van der Waals surface area contributed by atoms with E-state index >= 15 is 0 Å². The number of hydrogen-bond acceptors (Lipinski definition) is 6. The van der Waals surface area contributed by atoms with Crippen molar-refractivity contribution in [2.45, 2.75) is 37.6 Å². The van der Waals surface area contributed by atoms with Gasteiger partial charge in [-0.25, -0.2) is 0 Å². The van der Waals surface area contributed by atoms with Crippen molar-refractivity contribution in [2.24, 2.45) is 0 Å². The molecule has 1 fully saturated rings. The van der Waals surface area contributed by atoms with Gasteiger partial charge in [-0.2, -0.15) is 0 Å². The second-order valence-corrected chi connectivity index (χ2v) is 4.29. The molecule has 0 radical (unpaired) electrons. The summed E-state index contributed by atoms with van der Waals surface area (Å²) >= 11 is 5.51. The van der Waals surface area contributed by atoms with Gasteiger partial charge in [0.15, 0.2) is 6.29 Å². The van der Waals surface area contributed by atoms with Crippen LogP contribution in [0.3, 0.4) is 0 Å². The van der Waals surface area contributed by atoms with Crippen LogP contribution in [0, 0.1) is 0 Å². The molecule has 0 saturated carbocycles. The molecule has 5 atom stereocenters. The van der Waals surface area contributed by atoms with Crippen LogP contribution in [-0.2, 0) is 17.1 Å². The van der Waals surface area contributed by atoms with Crippen molar-refractivity contribution in [3.63, 3.8) is 0 Å². The fraction of sp³-hybridized carbons (Fsp3) is 1.00. The van der Waals surface area contributed by atoms with E-state index in [0.29, 0.717) is 0 Å². The monoisotopic (exact) mass is 364 g/mol. The fourth-order valence-corrected chi connectivity index (χ4v) is 2.00. The summed E-state index contributed by atoms with van der Waals surface area (Å²) in [6.45, 7) is 2.04. The fourth-order valence-electron chi connectivity index (χ4n) is 1.41. The minimum Gasteiger partial charge on any atom is -0.387 e. The minimum atomic E-state index is -1.14. The lowest BCUT2D eigenvalue weighted by atomic mass is 10.0. The Bertz CT molecular complexity index is 199. The maximum Gasteiger partial charge on any atom is 0.155 e. The molecule has 0 bridgehead atoms. The highest BCUT2D eigenvalue weighted by Gasteiger charge is 2.37. The van der Waals surface area contributed by atoms with Crippen molar-refractivity contribution in [1.29, 1.82) is 0 Å². The maximum atomic E-state index is 9.84. The predicted octanol–water partition coefficient (Wildman–Crippen LogP) is 0.491. The average Bonchev–Trinajstić information content (AvgIpc) is 2.70. The van der Waals surface area contributed by atoms with Crippen LogP contribution in [0.5, 0.6) is 0 Å². The molecule has 1 rings (SSSR count). The van der Waals surface area contributed by atoms with E-state index in [9.17, 15) is 10.2 Å². The molecule has 1 aliphatic heterocycles. The van der Waals surface area contributed by atoms with Gasteiger partial charge in [0.1, 0.15) is 24.4 Å². The van der Waals surface area contributed by atoms with Crippen LogP contribution in [0.25, 0.3) is 0 Å². The molecular formula is C8H14Br2O6. The summed E-state index contributed by atoms with van der Waals surface area (Å²) < 4.78 is 19.9. The third kappa shape index (κ3) is 3.88. The number of aliphatic hydroxyl groups excluding tert-OH is 2. The summed E-state index contributed by atoms with van der Waals surface area (Å²) in [5.41, 5.74) is 0. The van der Waals surface area contributed by atoms with Crippen LogP contribution in [0.4, 0.5) is 0 Å². The van der Waals surface area contributed by atoms with Gasteiger partial charge in [0.25, 0.3) is 0 Å². The molecule has 96 valence electrons. The van der Waals surface area contributed by atoms with E-state index in [0.717, 1.165) is 0 Å². The van der Waals surface area contributed by atoms with Gasteiger partial charge in [-0.05, 0) is 6.92 Å². The number of ether oxygens (including phenoxy) is 2. The Kier molecular flexibility index (Phi) is 6.67. The molecule has 0 spiro atoms. The van der Waals surface area contributed by atoms with Crippen LogP contribution in [0.15, 0.2) is 0 Å². The van der Waals surface area contributed by atoms with Crippen molar-refractivity contribution in [1.82, 2.24) is 0 Å². The lowest BCUT2D eigenvalue weighted by Gasteiger charge is -2.26. The van der Waals surface area contributed by atoms with Crippen molar-refractivity contribution in [3.05, 3.63) is 0 Å². The first kappa shape index (κ1) is 14.8. The molecule has 8 heteroatoms. The van der Waals surface area contributed by atoms with Crippen LogP contribution >= 0.6 is 32.5 Å². The van der Waals surface area contributed by atoms with Crippen LogP contribution in [0.1, 0.15) is 6.92 Å². The number of rotatable bonds is 6. The van der Waals surface area contributed by atoms with Gasteiger partial charge in [-0.1, -0.05) is 0 Å². The molecule has 16 heavy (non-hydrogen) atoms. The summed E-state index contributed by atoms with van der Waals surface area (Å²) in [5.74, 6) is 0. The second-order valence-electron chi connectivity index (χ2n) is 3.46. The highest BCUT2D eigenvalue weighted by Crippen LogP contribution is 2.19. The van der Waals surface area contributed by atoms with Gasteiger partial charge in [0.2, 0.25) is 0 Å².